The number of rotatable bonds is 5. The number of esters is 1. The second-order valence-corrected chi connectivity index (χ2v) is 8.77. The fourth-order valence-electron chi connectivity index (χ4n) is 4.33. The fraction of sp³-hybridized carbons (Fsp3) is 0.259. The van der Waals surface area contributed by atoms with Crippen molar-refractivity contribution in [3.05, 3.63) is 101 Å². The number of allylic oxidation sites excluding steroid dienone is 1. The van der Waals surface area contributed by atoms with Crippen LogP contribution in [0.5, 0.6) is 0 Å². The highest BCUT2D eigenvalue weighted by Gasteiger charge is 2.36. The molecule has 1 unspecified atom stereocenters. The van der Waals surface area contributed by atoms with Crippen molar-refractivity contribution in [3.63, 3.8) is 0 Å². The Morgan fingerprint density at radius 2 is 1.68 bits per heavy atom. The van der Waals surface area contributed by atoms with E-state index in [2.05, 4.69) is 18.4 Å². The summed E-state index contributed by atoms with van der Waals surface area (Å²) in [5, 5.41) is 0. The van der Waals surface area contributed by atoms with Gasteiger partial charge in [-0.2, -0.15) is 0 Å². The van der Waals surface area contributed by atoms with Crippen LogP contribution in [0.4, 0.5) is 0 Å². The average Bonchev–Trinajstić information content (AvgIpc) is 3.11. The van der Waals surface area contributed by atoms with Gasteiger partial charge in [0, 0.05) is 29.4 Å². The van der Waals surface area contributed by atoms with Crippen LogP contribution in [-0.4, -0.2) is 16.3 Å². The molecule has 1 atom stereocenters. The predicted octanol–water partition coefficient (Wildman–Crippen LogP) is 5.84. The lowest BCUT2D eigenvalue weighted by Gasteiger charge is -2.30. The summed E-state index contributed by atoms with van der Waals surface area (Å²) in [6, 6.07) is 21.6. The average molecular weight is 414 g/mol. The monoisotopic (exact) mass is 413 g/mol. The number of nitrogens with zero attached hydrogens (tertiary/aromatic N) is 1. The quantitative estimate of drug-likeness (QED) is 0.390. The van der Waals surface area contributed by atoms with Crippen molar-refractivity contribution in [2.45, 2.75) is 39.7 Å². The molecule has 0 radical (unpaired) electrons. The highest BCUT2D eigenvalue weighted by Crippen LogP contribution is 2.40. The molecule has 0 N–H and O–H groups in total. The number of ether oxygens (including phenoxy) is 1. The second-order valence-electron chi connectivity index (χ2n) is 8.77. The van der Waals surface area contributed by atoms with Gasteiger partial charge in [0.1, 0.15) is 0 Å². The Balaban J connectivity index is 1.95. The number of para-hydroxylation sites is 1. The molecule has 3 aromatic rings. The van der Waals surface area contributed by atoms with Gasteiger partial charge in [-0.05, 0) is 42.5 Å². The molecular formula is C27H27NO3. The summed E-state index contributed by atoms with van der Waals surface area (Å²) in [7, 11) is 0. The van der Waals surface area contributed by atoms with Crippen molar-refractivity contribution >= 4 is 11.8 Å². The van der Waals surface area contributed by atoms with Gasteiger partial charge in [0.2, 0.25) is 0 Å². The van der Waals surface area contributed by atoms with Crippen molar-refractivity contribution in [2.75, 3.05) is 0 Å². The molecule has 0 saturated heterocycles. The topological polar surface area (TPSA) is 48.3 Å². The van der Waals surface area contributed by atoms with E-state index in [0.29, 0.717) is 6.42 Å². The molecule has 0 aliphatic heterocycles. The van der Waals surface area contributed by atoms with Gasteiger partial charge in [-0.25, -0.2) is 4.79 Å². The highest BCUT2D eigenvalue weighted by molar-refractivity contribution is 5.99. The molecule has 4 nitrogen and oxygen atoms in total. The van der Waals surface area contributed by atoms with Gasteiger partial charge < -0.3 is 9.30 Å². The summed E-state index contributed by atoms with van der Waals surface area (Å²) in [6.07, 6.45) is 3.73. The van der Waals surface area contributed by atoms with Crippen LogP contribution in [0.2, 0.25) is 0 Å². The van der Waals surface area contributed by atoms with E-state index >= 15 is 0 Å². The van der Waals surface area contributed by atoms with Crippen LogP contribution in [0, 0.1) is 5.41 Å². The van der Waals surface area contributed by atoms with E-state index in [1.54, 1.807) is 13.0 Å². The van der Waals surface area contributed by atoms with E-state index in [0.717, 1.165) is 34.6 Å². The Morgan fingerprint density at radius 3 is 2.32 bits per heavy atom. The number of fused-ring (bicyclic) bond motifs is 1. The molecule has 1 heterocycles. The van der Waals surface area contributed by atoms with Crippen molar-refractivity contribution in [1.82, 2.24) is 4.57 Å². The third-order valence-electron chi connectivity index (χ3n) is 5.64. The SMILES string of the molecule is C/C=C/C(=O)OC(c1ccccc1)c1cc2c(n1-c1ccccc1)CC(C)(C)CC2=O. The first-order valence-corrected chi connectivity index (χ1v) is 10.6. The summed E-state index contributed by atoms with van der Waals surface area (Å²) in [6.45, 7) is 6.03. The summed E-state index contributed by atoms with van der Waals surface area (Å²) < 4.78 is 8.04. The van der Waals surface area contributed by atoms with Crippen LogP contribution in [0.15, 0.2) is 78.9 Å². The van der Waals surface area contributed by atoms with Crippen molar-refractivity contribution in [2.24, 2.45) is 5.41 Å². The van der Waals surface area contributed by atoms with Crippen LogP contribution in [0.3, 0.4) is 0 Å². The maximum absolute atomic E-state index is 13.0. The largest absolute Gasteiger partial charge is 0.448 e. The van der Waals surface area contributed by atoms with Crippen LogP contribution >= 0.6 is 0 Å². The van der Waals surface area contributed by atoms with Crippen LogP contribution < -0.4 is 0 Å². The molecule has 1 aliphatic rings. The molecule has 0 fully saturated rings. The van der Waals surface area contributed by atoms with Crippen molar-refractivity contribution in [3.8, 4) is 5.69 Å². The van der Waals surface area contributed by atoms with Crippen molar-refractivity contribution < 1.29 is 14.3 Å². The molecule has 4 rings (SSSR count). The lowest BCUT2D eigenvalue weighted by molar-refractivity contribution is -0.141. The molecule has 0 bridgehead atoms. The molecule has 0 spiro atoms. The first-order chi connectivity index (χ1) is 14.9. The molecule has 31 heavy (non-hydrogen) atoms. The van der Waals surface area contributed by atoms with E-state index in [1.807, 2.05) is 66.7 Å². The molecule has 158 valence electrons. The lowest BCUT2D eigenvalue weighted by Crippen LogP contribution is -2.28. The maximum Gasteiger partial charge on any atom is 0.331 e. The Morgan fingerprint density at radius 1 is 1.03 bits per heavy atom. The number of aromatic nitrogens is 1. The zero-order valence-corrected chi connectivity index (χ0v) is 18.2. The van der Waals surface area contributed by atoms with E-state index in [-0.39, 0.29) is 11.2 Å². The number of carbonyl (C=O) groups excluding carboxylic acids is 2. The second kappa shape index (κ2) is 8.38. The zero-order chi connectivity index (χ0) is 22.0. The first-order valence-electron chi connectivity index (χ1n) is 10.6. The van der Waals surface area contributed by atoms with E-state index in [1.165, 1.54) is 6.08 Å². The Hall–Kier alpha value is -3.40. The maximum atomic E-state index is 13.0. The van der Waals surface area contributed by atoms with Gasteiger partial charge in [0.25, 0.3) is 0 Å². The molecule has 1 aromatic heterocycles. The smallest absolute Gasteiger partial charge is 0.331 e. The van der Waals surface area contributed by atoms with Gasteiger partial charge in [0.15, 0.2) is 11.9 Å². The summed E-state index contributed by atoms with van der Waals surface area (Å²) in [5.74, 6) is -0.282. The van der Waals surface area contributed by atoms with Crippen LogP contribution in [0.25, 0.3) is 5.69 Å². The summed E-state index contributed by atoms with van der Waals surface area (Å²) in [4.78, 5) is 25.5. The van der Waals surface area contributed by atoms with Gasteiger partial charge in [0.05, 0.1) is 5.69 Å². The molecule has 4 heteroatoms. The van der Waals surface area contributed by atoms with Gasteiger partial charge in [-0.3, -0.25) is 4.79 Å². The fourth-order valence-corrected chi connectivity index (χ4v) is 4.33. The predicted molar refractivity (Wildman–Crippen MR) is 121 cm³/mol. The third-order valence-corrected chi connectivity index (χ3v) is 5.64. The third kappa shape index (κ3) is 4.24. The van der Waals surface area contributed by atoms with Crippen molar-refractivity contribution in [1.29, 1.82) is 0 Å². The Kier molecular flexibility index (Phi) is 5.64. The Bertz CT molecular complexity index is 1120. The minimum absolute atomic E-state index is 0.129. The van der Waals surface area contributed by atoms with E-state index in [4.69, 9.17) is 4.74 Å². The summed E-state index contributed by atoms with van der Waals surface area (Å²) >= 11 is 0. The Labute approximate surface area is 183 Å². The van der Waals surface area contributed by atoms with E-state index in [9.17, 15) is 9.59 Å². The van der Waals surface area contributed by atoms with Gasteiger partial charge >= 0.3 is 5.97 Å². The number of benzene rings is 2. The standard InChI is InChI=1S/C27H27NO3/c1-4-11-25(30)31-26(19-12-7-5-8-13-19)22-16-21-23(17-27(2,3)18-24(21)29)28(22)20-14-9-6-10-15-20/h4-16,26H,17-18H2,1-3H3/b11-4+. The van der Waals surface area contributed by atoms with Crippen LogP contribution in [0.1, 0.15) is 60.6 Å². The van der Waals surface area contributed by atoms with E-state index < -0.39 is 12.1 Å². The first kappa shape index (κ1) is 20.9. The number of hydrogen-bond donors (Lipinski definition) is 0. The number of hydrogen-bond acceptors (Lipinski definition) is 3. The molecule has 2 aromatic carbocycles. The molecule has 1 aliphatic carbocycles. The van der Waals surface area contributed by atoms with Gasteiger partial charge in [-0.15, -0.1) is 0 Å². The minimum Gasteiger partial charge on any atom is -0.448 e. The summed E-state index contributed by atoms with van der Waals surface area (Å²) in [5.41, 5.74) is 4.17. The molecule has 0 saturated carbocycles. The normalized spacial score (nSPS) is 16.2. The zero-order valence-electron chi connectivity index (χ0n) is 18.2. The minimum atomic E-state index is -0.633. The van der Waals surface area contributed by atoms with Crippen LogP contribution in [-0.2, 0) is 16.0 Å². The highest BCUT2D eigenvalue weighted by atomic mass is 16.5. The number of carbonyl (C=O) groups is 2. The molecular weight excluding hydrogens is 386 g/mol. The molecule has 0 amide bonds. The number of ketones is 1. The lowest BCUT2D eigenvalue weighted by atomic mass is 9.76. The van der Waals surface area contributed by atoms with Gasteiger partial charge in [-0.1, -0.05) is 68.5 Å². The number of Topliss-reactive ketones (excluding diaryl/α,β-unsaturated/α-hetero) is 1.